The van der Waals surface area contributed by atoms with Crippen LogP contribution in [-0.2, 0) is 11.8 Å². The average molecular weight is 314 g/mol. The van der Waals surface area contributed by atoms with Gasteiger partial charge in [0.05, 0.1) is 6.61 Å². The van der Waals surface area contributed by atoms with Crippen LogP contribution in [0.1, 0.15) is 64.2 Å². The first-order chi connectivity index (χ1) is 9.29. The van der Waals surface area contributed by atoms with Crippen LogP contribution in [0.25, 0.3) is 0 Å². The van der Waals surface area contributed by atoms with Crippen molar-refractivity contribution < 1.29 is 4.74 Å². The third kappa shape index (κ3) is 5.88. The minimum atomic E-state index is 0. The molecule has 3 heteroatoms. The maximum Gasteiger partial charge on any atom is 0.123 e. The summed E-state index contributed by atoms with van der Waals surface area (Å²) in [6.45, 7) is 13.9. The van der Waals surface area contributed by atoms with E-state index in [2.05, 4.69) is 53.7 Å². The minimum Gasteiger partial charge on any atom is -0.493 e. The molecule has 0 aromatic heterocycles. The Morgan fingerprint density at radius 3 is 2.29 bits per heavy atom. The van der Waals surface area contributed by atoms with Gasteiger partial charge in [-0.25, -0.2) is 0 Å². The molecule has 1 aromatic carbocycles. The summed E-state index contributed by atoms with van der Waals surface area (Å²) in [6, 6.07) is 4.73. The number of ether oxygens (including phenoxy) is 1. The molecule has 2 nitrogen and oxygen atoms in total. The van der Waals surface area contributed by atoms with Gasteiger partial charge < -0.3 is 10.5 Å². The van der Waals surface area contributed by atoms with E-state index < -0.39 is 0 Å². The molecule has 0 saturated carbocycles. The first kappa shape index (κ1) is 20.3. The largest absolute Gasteiger partial charge is 0.493 e. The van der Waals surface area contributed by atoms with E-state index in [-0.39, 0.29) is 23.9 Å². The van der Waals surface area contributed by atoms with Crippen LogP contribution < -0.4 is 10.5 Å². The highest BCUT2D eigenvalue weighted by atomic mass is 35.5. The van der Waals surface area contributed by atoms with Gasteiger partial charge in [0.25, 0.3) is 0 Å². The second-order valence-electron chi connectivity index (χ2n) is 6.75. The Bertz CT molecular complexity index is 438. The first-order valence-corrected chi connectivity index (χ1v) is 7.82. The van der Waals surface area contributed by atoms with E-state index in [0.717, 1.165) is 31.6 Å². The standard InChI is InChI=1S/C18H31NO.ClH/c1-7-9-20-17-10-13(3)14(11-15(19)8-2)12-16(17)18(4,5)6;/h10,12,15H,7-9,11,19H2,1-6H3;1H. The molecular weight excluding hydrogens is 282 g/mol. The average Bonchev–Trinajstić information content (AvgIpc) is 2.37. The second-order valence-corrected chi connectivity index (χ2v) is 6.75. The summed E-state index contributed by atoms with van der Waals surface area (Å²) in [5.74, 6) is 1.03. The fourth-order valence-corrected chi connectivity index (χ4v) is 2.29. The van der Waals surface area contributed by atoms with Crippen molar-refractivity contribution in [2.75, 3.05) is 6.61 Å². The highest BCUT2D eigenvalue weighted by molar-refractivity contribution is 5.85. The summed E-state index contributed by atoms with van der Waals surface area (Å²) in [6.07, 6.45) is 2.99. The molecule has 21 heavy (non-hydrogen) atoms. The van der Waals surface area contributed by atoms with E-state index >= 15 is 0 Å². The molecule has 0 aliphatic heterocycles. The topological polar surface area (TPSA) is 35.2 Å². The van der Waals surface area contributed by atoms with Crippen LogP contribution in [0.4, 0.5) is 0 Å². The van der Waals surface area contributed by atoms with Gasteiger partial charge in [-0.05, 0) is 54.4 Å². The van der Waals surface area contributed by atoms with Crippen molar-refractivity contribution in [1.29, 1.82) is 0 Å². The zero-order valence-electron chi connectivity index (χ0n) is 14.5. The molecule has 0 amide bonds. The molecule has 0 aliphatic carbocycles. The lowest BCUT2D eigenvalue weighted by molar-refractivity contribution is 0.308. The van der Waals surface area contributed by atoms with Crippen molar-refractivity contribution in [1.82, 2.24) is 0 Å². The van der Waals surface area contributed by atoms with Crippen LogP contribution in [-0.4, -0.2) is 12.6 Å². The van der Waals surface area contributed by atoms with Crippen molar-refractivity contribution in [3.05, 3.63) is 28.8 Å². The number of hydrogen-bond donors (Lipinski definition) is 1. The van der Waals surface area contributed by atoms with Crippen LogP contribution in [0.15, 0.2) is 12.1 Å². The van der Waals surface area contributed by atoms with E-state index in [1.54, 1.807) is 0 Å². The van der Waals surface area contributed by atoms with Crippen molar-refractivity contribution in [3.63, 3.8) is 0 Å². The van der Waals surface area contributed by atoms with E-state index in [4.69, 9.17) is 10.5 Å². The van der Waals surface area contributed by atoms with E-state index in [9.17, 15) is 0 Å². The number of benzene rings is 1. The maximum atomic E-state index is 6.12. The lowest BCUT2D eigenvalue weighted by Crippen LogP contribution is -2.23. The lowest BCUT2D eigenvalue weighted by atomic mass is 9.83. The zero-order valence-corrected chi connectivity index (χ0v) is 15.3. The minimum absolute atomic E-state index is 0. The molecule has 1 rings (SSSR count). The van der Waals surface area contributed by atoms with E-state index in [1.807, 2.05) is 0 Å². The monoisotopic (exact) mass is 313 g/mol. The van der Waals surface area contributed by atoms with Crippen LogP contribution in [0, 0.1) is 6.92 Å². The summed E-state index contributed by atoms with van der Waals surface area (Å²) in [4.78, 5) is 0. The van der Waals surface area contributed by atoms with E-state index in [0.29, 0.717) is 0 Å². The van der Waals surface area contributed by atoms with Crippen LogP contribution in [0.2, 0.25) is 0 Å². The van der Waals surface area contributed by atoms with Crippen molar-refractivity contribution >= 4 is 12.4 Å². The summed E-state index contributed by atoms with van der Waals surface area (Å²) in [5, 5.41) is 0. The van der Waals surface area contributed by atoms with Gasteiger partial charge in [-0.3, -0.25) is 0 Å². The van der Waals surface area contributed by atoms with Crippen LogP contribution >= 0.6 is 12.4 Å². The lowest BCUT2D eigenvalue weighted by Gasteiger charge is -2.25. The quantitative estimate of drug-likeness (QED) is 0.820. The molecule has 1 unspecified atom stereocenters. The summed E-state index contributed by atoms with van der Waals surface area (Å²) >= 11 is 0. The third-order valence-corrected chi connectivity index (χ3v) is 3.71. The van der Waals surface area contributed by atoms with Crippen LogP contribution in [0.5, 0.6) is 5.75 Å². The van der Waals surface area contributed by atoms with Gasteiger partial charge >= 0.3 is 0 Å². The molecule has 1 atom stereocenters. The molecular formula is C18H32ClNO. The van der Waals surface area contributed by atoms with Gasteiger partial charge in [0.2, 0.25) is 0 Å². The highest BCUT2D eigenvalue weighted by Crippen LogP contribution is 2.34. The zero-order chi connectivity index (χ0) is 15.3. The molecule has 1 aromatic rings. The molecule has 122 valence electrons. The summed E-state index contributed by atoms with van der Waals surface area (Å²) in [7, 11) is 0. The summed E-state index contributed by atoms with van der Waals surface area (Å²) < 4.78 is 5.95. The van der Waals surface area contributed by atoms with Gasteiger partial charge in [-0.1, -0.05) is 40.7 Å². The van der Waals surface area contributed by atoms with Crippen molar-refractivity contribution in [3.8, 4) is 5.75 Å². The molecule has 0 heterocycles. The number of aryl methyl sites for hydroxylation is 1. The maximum absolute atomic E-state index is 6.12. The SMILES string of the molecule is CCCOc1cc(C)c(CC(N)CC)cc1C(C)(C)C.Cl. The Hall–Kier alpha value is -0.730. The Morgan fingerprint density at radius 1 is 1.19 bits per heavy atom. The highest BCUT2D eigenvalue weighted by Gasteiger charge is 2.21. The predicted octanol–water partition coefficient (Wildman–Crippen LogP) is 4.78. The molecule has 0 spiro atoms. The third-order valence-electron chi connectivity index (χ3n) is 3.71. The molecule has 0 radical (unpaired) electrons. The normalized spacial score (nSPS) is 12.7. The van der Waals surface area contributed by atoms with Crippen molar-refractivity contribution in [2.24, 2.45) is 5.73 Å². The van der Waals surface area contributed by atoms with Gasteiger partial charge in [0, 0.05) is 6.04 Å². The molecule has 2 N–H and O–H groups in total. The molecule has 0 bridgehead atoms. The fraction of sp³-hybridized carbons (Fsp3) is 0.667. The number of halogens is 1. The smallest absolute Gasteiger partial charge is 0.123 e. The Labute approximate surface area is 136 Å². The number of hydrogen-bond acceptors (Lipinski definition) is 2. The van der Waals surface area contributed by atoms with Crippen molar-refractivity contribution in [2.45, 2.75) is 72.3 Å². The Balaban J connectivity index is 0.00000400. The van der Waals surface area contributed by atoms with Gasteiger partial charge in [0.1, 0.15) is 5.75 Å². The Kier molecular flexibility index (Phi) is 8.35. The molecule has 0 saturated heterocycles. The second kappa shape index (κ2) is 8.65. The van der Waals surface area contributed by atoms with Gasteiger partial charge in [-0.2, -0.15) is 0 Å². The van der Waals surface area contributed by atoms with E-state index in [1.165, 1.54) is 16.7 Å². The van der Waals surface area contributed by atoms with Gasteiger partial charge in [0.15, 0.2) is 0 Å². The van der Waals surface area contributed by atoms with Crippen LogP contribution in [0.3, 0.4) is 0 Å². The Morgan fingerprint density at radius 2 is 1.81 bits per heavy atom. The van der Waals surface area contributed by atoms with Gasteiger partial charge in [-0.15, -0.1) is 12.4 Å². The molecule has 0 fully saturated rings. The first-order valence-electron chi connectivity index (χ1n) is 7.82. The fourth-order valence-electron chi connectivity index (χ4n) is 2.29. The number of nitrogens with two attached hydrogens (primary N) is 1. The predicted molar refractivity (Wildman–Crippen MR) is 94.9 cm³/mol. The summed E-state index contributed by atoms with van der Waals surface area (Å²) in [5.41, 5.74) is 10.1. The molecule has 0 aliphatic rings. The number of rotatable bonds is 6.